The molecule has 2 aliphatic rings. The Bertz CT molecular complexity index is 677. The van der Waals surface area contributed by atoms with Crippen LogP contribution in [0.2, 0.25) is 0 Å². The molecule has 0 saturated carbocycles. The van der Waals surface area contributed by atoms with E-state index in [1.54, 1.807) is 6.26 Å². The number of nitrogens with zero attached hydrogens (tertiary/aromatic N) is 3. The first-order chi connectivity index (χ1) is 12.8. The van der Waals surface area contributed by atoms with Gasteiger partial charge >= 0.3 is 0 Å². The van der Waals surface area contributed by atoms with Crippen LogP contribution in [0.5, 0.6) is 0 Å². The van der Waals surface area contributed by atoms with Crippen LogP contribution in [0.3, 0.4) is 0 Å². The standard InChI is InChI=1S/C20H29N3O3/c1-2-24-15-19-20-17(5-8-22(19)14-18-4-3-9-26-18)12-21-23(20)13-16-6-10-25-11-7-16/h3-4,9,12,16,19H,2,5-8,10-11,13-15H2,1H3/t19-/m0/s1. The van der Waals surface area contributed by atoms with E-state index >= 15 is 0 Å². The maximum atomic E-state index is 5.86. The maximum Gasteiger partial charge on any atom is 0.117 e. The second-order valence-corrected chi connectivity index (χ2v) is 7.27. The van der Waals surface area contributed by atoms with Gasteiger partial charge in [-0.15, -0.1) is 0 Å². The van der Waals surface area contributed by atoms with Gasteiger partial charge in [-0.2, -0.15) is 5.10 Å². The van der Waals surface area contributed by atoms with E-state index < -0.39 is 0 Å². The molecule has 1 saturated heterocycles. The van der Waals surface area contributed by atoms with Gasteiger partial charge in [0.2, 0.25) is 0 Å². The van der Waals surface area contributed by atoms with Crippen molar-refractivity contribution in [3.05, 3.63) is 41.6 Å². The van der Waals surface area contributed by atoms with E-state index in [-0.39, 0.29) is 6.04 Å². The molecule has 6 nitrogen and oxygen atoms in total. The number of rotatable bonds is 7. The van der Waals surface area contributed by atoms with Crippen molar-refractivity contribution in [3.8, 4) is 0 Å². The number of furan rings is 1. The van der Waals surface area contributed by atoms with Gasteiger partial charge in [0.25, 0.3) is 0 Å². The first-order valence-electron chi connectivity index (χ1n) is 9.81. The summed E-state index contributed by atoms with van der Waals surface area (Å²) in [4.78, 5) is 2.47. The summed E-state index contributed by atoms with van der Waals surface area (Å²) in [7, 11) is 0. The number of ether oxygens (including phenoxy) is 2. The number of aromatic nitrogens is 2. The summed E-state index contributed by atoms with van der Waals surface area (Å²) in [6, 6.07) is 4.23. The molecule has 2 aromatic rings. The third-order valence-electron chi connectivity index (χ3n) is 5.58. The molecule has 142 valence electrons. The molecule has 0 radical (unpaired) electrons. The Balaban J connectivity index is 1.56. The van der Waals surface area contributed by atoms with Gasteiger partial charge in [-0.3, -0.25) is 9.58 Å². The van der Waals surface area contributed by atoms with Crippen molar-refractivity contribution in [2.24, 2.45) is 5.92 Å². The first kappa shape index (κ1) is 17.8. The third-order valence-corrected chi connectivity index (χ3v) is 5.58. The lowest BCUT2D eigenvalue weighted by Gasteiger charge is -2.36. The zero-order chi connectivity index (χ0) is 17.8. The highest BCUT2D eigenvalue weighted by atomic mass is 16.5. The lowest BCUT2D eigenvalue weighted by Crippen LogP contribution is -2.39. The third kappa shape index (κ3) is 3.87. The van der Waals surface area contributed by atoms with E-state index in [4.69, 9.17) is 19.0 Å². The predicted molar refractivity (Wildman–Crippen MR) is 97.8 cm³/mol. The molecule has 6 heteroatoms. The van der Waals surface area contributed by atoms with Crippen molar-refractivity contribution in [2.75, 3.05) is 33.0 Å². The van der Waals surface area contributed by atoms with Crippen molar-refractivity contribution < 1.29 is 13.9 Å². The van der Waals surface area contributed by atoms with Crippen LogP contribution in [0.25, 0.3) is 0 Å². The second-order valence-electron chi connectivity index (χ2n) is 7.27. The van der Waals surface area contributed by atoms with Gasteiger partial charge in [-0.05, 0) is 49.8 Å². The van der Waals surface area contributed by atoms with E-state index in [1.807, 2.05) is 12.1 Å². The zero-order valence-electron chi connectivity index (χ0n) is 15.6. The van der Waals surface area contributed by atoms with Gasteiger partial charge in [0.05, 0.1) is 37.3 Å². The van der Waals surface area contributed by atoms with Crippen LogP contribution in [0.15, 0.2) is 29.0 Å². The van der Waals surface area contributed by atoms with E-state index in [0.717, 1.165) is 64.5 Å². The Morgan fingerprint density at radius 1 is 1.31 bits per heavy atom. The number of fused-ring (bicyclic) bond motifs is 1. The predicted octanol–water partition coefficient (Wildman–Crippen LogP) is 3.04. The molecule has 4 heterocycles. The van der Waals surface area contributed by atoms with Gasteiger partial charge in [0.15, 0.2) is 0 Å². The van der Waals surface area contributed by atoms with Crippen molar-refractivity contribution in [2.45, 2.75) is 45.3 Å². The summed E-state index contributed by atoms with van der Waals surface area (Å²) in [5.74, 6) is 1.66. The average Bonchev–Trinajstić information content (AvgIpc) is 3.32. The summed E-state index contributed by atoms with van der Waals surface area (Å²) in [5, 5.41) is 4.75. The highest BCUT2D eigenvalue weighted by Gasteiger charge is 2.32. The minimum absolute atomic E-state index is 0.228. The van der Waals surface area contributed by atoms with Crippen LogP contribution >= 0.6 is 0 Å². The topological polar surface area (TPSA) is 52.7 Å². The highest BCUT2D eigenvalue weighted by molar-refractivity contribution is 5.25. The molecule has 0 amide bonds. The largest absolute Gasteiger partial charge is 0.468 e. The summed E-state index contributed by atoms with van der Waals surface area (Å²) < 4.78 is 19.2. The average molecular weight is 359 g/mol. The molecule has 0 bridgehead atoms. The van der Waals surface area contributed by atoms with Crippen LogP contribution in [0.1, 0.15) is 42.8 Å². The van der Waals surface area contributed by atoms with Crippen LogP contribution in [-0.2, 0) is 29.0 Å². The maximum absolute atomic E-state index is 5.86. The number of hydrogen-bond acceptors (Lipinski definition) is 5. The van der Waals surface area contributed by atoms with Gasteiger partial charge in [-0.25, -0.2) is 0 Å². The molecule has 2 aliphatic heterocycles. The van der Waals surface area contributed by atoms with Crippen LogP contribution in [0.4, 0.5) is 0 Å². The minimum Gasteiger partial charge on any atom is -0.468 e. The normalized spacial score (nSPS) is 21.8. The van der Waals surface area contributed by atoms with E-state index in [9.17, 15) is 0 Å². The summed E-state index contributed by atoms with van der Waals surface area (Å²) >= 11 is 0. The SMILES string of the molecule is CCOC[C@H]1c2c(cnn2CC2CCOCC2)CCN1Cc1ccco1. The molecule has 1 atom stereocenters. The quantitative estimate of drug-likeness (QED) is 0.761. The smallest absolute Gasteiger partial charge is 0.117 e. The van der Waals surface area contributed by atoms with Crippen molar-refractivity contribution in [1.29, 1.82) is 0 Å². The molecule has 0 unspecified atom stereocenters. The lowest BCUT2D eigenvalue weighted by atomic mass is 9.97. The Labute approximate surface area is 155 Å². The molecule has 26 heavy (non-hydrogen) atoms. The Morgan fingerprint density at radius 3 is 2.96 bits per heavy atom. The van der Waals surface area contributed by atoms with Crippen molar-refractivity contribution in [3.63, 3.8) is 0 Å². The Kier molecular flexibility index (Phi) is 5.72. The van der Waals surface area contributed by atoms with Gasteiger partial charge < -0.3 is 13.9 Å². The zero-order valence-corrected chi connectivity index (χ0v) is 15.6. The van der Waals surface area contributed by atoms with E-state index in [1.165, 1.54) is 11.3 Å². The molecule has 4 rings (SSSR count). The minimum atomic E-state index is 0.228. The summed E-state index contributed by atoms with van der Waals surface area (Å²) in [6.07, 6.45) is 7.10. The van der Waals surface area contributed by atoms with Crippen molar-refractivity contribution in [1.82, 2.24) is 14.7 Å². The molecule has 0 aliphatic carbocycles. The fourth-order valence-electron chi connectivity index (χ4n) is 4.13. The molecule has 0 aromatic carbocycles. The molecule has 1 fully saturated rings. The van der Waals surface area contributed by atoms with Gasteiger partial charge in [0, 0.05) is 32.9 Å². The van der Waals surface area contributed by atoms with Gasteiger partial charge in [-0.1, -0.05) is 0 Å². The van der Waals surface area contributed by atoms with E-state index in [0.29, 0.717) is 12.5 Å². The van der Waals surface area contributed by atoms with Crippen LogP contribution in [0, 0.1) is 5.92 Å². The molecule has 0 N–H and O–H groups in total. The molecule has 2 aromatic heterocycles. The Hall–Kier alpha value is -1.63. The summed E-state index contributed by atoms with van der Waals surface area (Å²) in [6.45, 7) is 8.04. The molecular formula is C20H29N3O3. The fraction of sp³-hybridized carbons (Fsp3) is 0.650. The number of hydrogen-bond donors (Lipinski definition) is 0. The van der Waals surface area contributed by atoms with E-state index in [2.05, 4.69) is 22.7 Å². The second kappa shape index (κ2) is 8.37. The Morgan fingerprint density at radius 2 is 2.19 bits per heavy atom. The fourth-order valence-corrected chi connectivity index (χ4v) is 4.13. The molecular weight excluding hydrogens is 330 g/mol. The van der Waals surface area contributed by atoms with Gasteiger partial charge in [0.1, 0.15) is 5.76 Å². The highest BCUT2D eigenvalue weighted by Crippen LogP contribution is 2.32. The lowest BCUT2D eigenvalue weighted by molar-refractivity contribution is 0.0430. The summed E-state index contributed by atoms with van der Waals surface area (Å²) in [5.41, 5.74) is 2.71. The first-order valence-corrected chi connectivity index (χ1v) is 9.81. The van der Waals surface area contributed by atoms with Crippen LogP contribution in [-0.4, -0.2) is 47.7 Å². The monoisotopic (exact) mass is 359 g/mol. The molecule has 0 spiro atoms. The van der Waals surface area contributed by atoms with Crippen LogP contribution < -0.4 is 0 Å². The van der Waals surface area contributed by atoms with Crippen molar-refractivity contribution >= 4 is 0 Å².